The van der Waals surface area contributed by atoms with Crippen LogP contribution in [0.25, 0.3) is 0 Å². The van der Waals surface area contributed by atoms with Crippen molar-refractivity contribution in [1.29, 1.82) is 0 Å². The van der Waals surface area contributed by atoms with E-state index in [1.54, 1.807) is 0 Å². The van der Waals surface area contributed by atoms with Crippen molar-refractivity contribution in [2.75, 3.05) is 6.54 Å². The molecule has 0 saturated carbocycles. The topological polar surface area (TPSA) is 50.1 Å². The molecule has 3 nitrogen and oxygen atoms in total. The Labute approximate surface area is 109 Å². The molecular weight excluding hydrogens is 222 g/mol. The van der Waals surface area contributed by atoms with Crippen LogP contribution in [0.4, 0.5) is 0 Å². The molecule has 0 fully saturated rings. The van der Waals surface area contributed by atoms with Gasteiger partial charge >= 0.3 is 0 Å². The third-order valence-corrected chi connectivity index (χ3v) is 3.27. The zero-order valence-corrected chi connectivity index (χ0v) is 10.8. The summed E-state index contributed by atoms with van der Waals surface area (Å²) < 4.78 is 0. The van der Waals surface area contributed by atoms with Crippen LogP contribution in [0.1, 0.15) is 24.9 Å². The molecule has 0 saturated heterocycles. The molecule has 1 heterocycles. The van der Waals surface area contributed by atoms with Gasteiger partial charge in [0.15, 0.2) is 0 Å². The van der Waals surface area contributed by atoms with Crippen LogP contribution in [0.3, 0.4) is 0 Å². The van der Waals surface area contributed by atoms with Crippen molar-refractivity contribution < 1.29 is 0 Å². The quantitative estimate of drug-likeness (QED) is 0.742. The number of nitrogens with one attached hydrogen (secondary N) is 2. The molecule has 18 heavy (non-hydrogen) atoms. The molecule has 1 aromatic rings. The third-order valence-electron chi connectivity index (χ3n) is 3.27. The van der Waals surface area contributed by atoms with E-state index in [2.05, 4.69) is 42.5 Å². The molecule has 96 valence electrons. The van der Waals surface area contributed by atoms with Crippen LogP contribution < -0.4 is 16.4 Å². The maximum Gasteiger partial charge on any atom is 0.0686 e. The predicted octanol–water partition coefficient (Wildman–Crippen LogP) is 2.06. The van der Waals surface area contributed by atoms with Gasteiger partial charge in [0.1, 0.15) is 0 Å². The Morgan fingerprint density at radius 2 is 2.22 bits per heavy atom. The molecule has 4 N–H and O–H groups in total. The number of rotatable bonds is 5. The summed E-state index contributed by atoms with van der Waals surface area (Å²) in [5, 5.41) is 6.75. The highest BCUT2D eigenvalue weighted by Crippen LogP contribution is 2.19. The highest BCUT2D eigenvalue weighted by atomic mass is 15.0. The van der Waals surface area contributed by atoms with Crippen molar-refractivity contribution in [3.8, 4) is 0 Å². The van der Waals surface area contributed by atoms with Crippen molar-refractivity contribution in [2.45, 2.75) is 25.4 Å². The van der Waals surface area contributed by atoms with Crippen molar-refractivity contribution in [3.05, 3.63) is 59.9 Å². The van der Waals surface area contributed by atoms with Crippen molar-refractivity contribution >= 4 is 0 Å². The van der Waals surface area contributed by atoms with Crippen LogP contribution in [-0.4, -0.2) is 12.6 Å². The van der Waals surface area contributed by atoms with Gasteiger partial charge in [-0.15, -0.1) is 0 Å². The molecule has 2 rings (SSSR count). The molecule has 1 aliphatic heterocycles. The number of hydrogen-bond acceptors (Lipinski definition) is 3. The second kappa shape index (κ2) is 5.74. The lowest BCUT2D eigenvalue weighted by molar-refractivity contribution is 0.550. The van der Waals surface area contributed by atoms with E-state index in [1.807, 2.05) is 18.2 Å². The molecule has 1 aliphatic rings. The molecule has 2 unspecified atom stereocenters. The first kappa shape index (κ1) is 12.7. The Morgan fingerprint density at radius 3 is 2.78 bits per heavy atom. The highest BCUT2D eigenvalue weighted by Gasteiger charge is 2.19. The molecule has 2 atom stereocenters. The zero-order valence-electron chi connectivity index (χ0n) is 10.8. The standard InChI is InChI=1S/C15H21N3/c1-11-8-14(17-10-11)12(2)18-15(9-16)13-6-4-3-5-7-13/h3-7,10,14-15,17-18H,2,8-9,16H2,1H3. The van der Waals surface area contributed by atoms with Gasteiger partial charge in [0.05, 0.1) is 12.1 Å². The minimum atomic E-state index is 0.126. The van der Waals surface area contributed by atoms with Gasteiger partial charge in [-0.25, -0.2) is 0 Å². The van der Waals surface area contributed by atoms with Gasteiger partial charge in [0.25, 0.3) is 0 Å². The minimum Gasteiger partial charge on any atom is -0.382 e. The van der Waals surface area contributed by atoms with E-state index in [0.29, 0.717) is 6.54 Å². The average molecular weight is 243 g/mol. The lowest BCUT2D eigenvalue weighted by Crippen LogP contribution is -2.35. The molecule has 0 amide bonds. The van der Waals surface area contributed by atoms with Gasteiger partial charge in [-0.05, 0) is 25.1 Å². The van der Waals surface area contributed by atoms with Gasteiger partial charge in [-0.2, -0.15) is 0 Å². The molecule has 0 aromatic heterocycles. The van der Waals surface area contributed by atoms with Crippen LogP contribution in [-0.2, 0) is 0 Å². The van der Waals surface area contributed by atoms with E-state index in [4.69, 9.17) is 5.73 Å². The SMILES string of the molecule is C=C(NC(CN)c1ccccc1)C1CC(C)=CN1. The van der Waals surface area contributed by atoms with Crippen LogP contribution in [0.5, 0.6) is 0 Å². The maximum atomic E-state index is 5.84. The first-order valence-corrected chi connectivity index (χ1v) is 6.32. The number of benzene rings is 1. The fourth-order valence-corrected chi connectivity index (χ4v) is 2.19. The van der Waals surface area contributed by atoms with E-state index < -0.39 is 0 Å². The second-order valence-electron chi connectivity index (χ2n) is 4.78. The van der Waals surface area contributed by atoms with E-state index in [1.165, 1.54) is 11.1 Å². The minimum absolute atomic E-state index is 0.126. The summed E-state index contributed by atoms with van der Waals surface area (Å²) >= 11 is 0. The van der Waals surface area contributed by atoms with Crippen molar-refractivity contribution in [1.82, 2.24) is 10.6 Å². The fraction of sp³-hybridized carbons (Fsp3) is 0.333. The molecule has 0 spiro atoms. The monoisotopic (exact) mass is 243 g/mol. The van der Waals surface area contributed by atoms with Crippen molar-refractivity contribution in [3.63, 3.8) is 0 Å². The first-order chi connectivity index (χ1) is 8.70. The molecule has 0 aliphatic carbocycles. The van der Waals surface area contributed by atoms with Crippen LogP contribution in [0.2, 0.25) is 0 Å². The van der Waals surface area contributed by atoms with Gasteiger partial charge in [-0.1, -0.05) is 42.5 Å². The largest absolute Gasteiger partial charge is 0.382 e. The van der Waals surface area contributed by atoms with Gasteiger partial charge in [-0.3, -0.25) is 0 Å². The Morgan fingerprint density at radius 1 is 1.50 bits per heavy atom. The second-order valence-corrected chi connectivity index (χ2v) is 4.78. The Kier molecular flexibility index (Phi) is 4.05. The van der Waals surface area contributed by atoms with Gasteiger partial charge < -0.3 is 16.4 Å². The summed E-state index contributed by atoms with van der Waals surface area (Å²) in [6, 6.07) is 10.7. The van der Waals surface area contributed by atoms with E-state index in [-0.39, 0.29) is 12.1 Å². The molecule has 1 aromatic carbocycles. The summed E-state index contributed by atoms with van der Waals surface area (Å²) in [5.74, 6) is 0. The Bertz CT molecular complexity index is 436. The Hall–Kier alpha value is -1.74. The van der Waals surface area contributed by atoms with Crippen LogP contribution in [0, 0.1) is 0 Å². The molecular formula is C15H21N3. The zero-order chi connectivity index (χ0) is 13.0. The Balaban J connectivity index is 1.97. The van der Waals surface area contributed by atoms with E-state index >= 15 is 0 Å². The number of hydrogen-bond donors (Lipinski definition) is 3. The predicted molar refractivity (Wildman–Crippen MR) is 75.8 cm³/mol. The summed E-state index contributed by atoms with van der Waals surface area (Å²) in [6.45, 7) is 6.80. The number of nitrogens with two attached hydrogens (primary N) is 1. The van der Waals surface area contributed by atoms with Crippen molar-refractivity contribution in [2.24, 2.45) is 5.73 Å². The lowest BCUT2D eigenvalue weighted by atomic mass is 10.0. The molecule has 0 bridgehead atoms. The summed E-state index contributed by atoms with van der Waals surface area (Å²) in [6.07, 6.45) is 3.06. The first-order valence-electron chi connectivity index (χ1n) is 6.32. The summed E-state index contributed by atoms with van der Waals surface area (Å²) in [7, 11) is 0. The fourth-order valence-electron chi connectivity index (χ4n) is 2.19. The average Bonchev–Trinajstić information content (AvgIpc) is 2.83. The van der Waals surface area contributed by atoms with Gasteiger partial charge in [0, 0.05) is 12.2 Å². The highest BCUT2D eigenvalue weighted by molar-refractivity contribution is 5.23. The normalized spacial score (nSPS) is 19.9. The summed E-state index contributed by atoms with van der Waals surface area (Å²) in [4.78, 5) is 0. The maximum absolute atomic E-state index is 5.84. The third kappa shape index (κ3) is 2.93. The van der Waals surface area contributed by atoms with Gasteiger partial charge in [0.2, 0.25) is 0 Å². The lowest BCUT2D eigenvalue weighted by Gasteiger charge is -2.24. The molecule has 0 radical (unpaired) electrons. The van der Waals surface area contributed by atoms with E-state index in [0.717, 1.165) is 12.1 Å². The smallest absolute Gasteiger partial charge is 0.0686 e. The summed E-state index contributed by atoms with van der Waals surface area (Å²) in [5.41, 5.74) is 9.40. The van der Waals surface area contributed by atoms with E-state index in [9.17, 15) is 0 Å². The van der Waals surface area contributed by atoms with Crippen LogP contribution in [0.15, 0.2) is 54.4 Å². The van der Waals surface area contributed by atoms with Crippen LogP contribution >= 0.6 is 0 Å². The molecule has 3 heteroatoms.